The topological polar surface area (TPSA) is 58.2 Å². The van der Waals surface area contributed by atoms with Crippen molar-refractivity contribution in [1.29, 1.82) is 0 Å². The van der Waals surface area contributed by atoms with E-state index in [1.165, 1.54) is 11.5 Å². The van der Waals surface area contributed by atoms with Gasteiger partial charge in [-0.3, -0.25) is 0 Å². The minimum atomic E-state index is -3.06. The summed E-state index contributed by atoms with van der Waals surface area (Å²) in [6, 6.07) is 0. The van der Waals surface area contributed by atoms with Crippen molar-refractivity contribution in [2.75, 3.05) is 37.4 Å². The molecule has 1 aliphatic rings. The van der Waals surface area contributed by atoms with Gasteiger partial charge in [-0.15, -0.1) is 0 Å². The lowest BCUT2D eigenvalue weighted by molar-refractivity contribution is 0.476. The van der Waals surface area contributed by atoms with E-state index in [1.54, 1.807) is 7.05 Å². The van der Waals surface area contributed by atoms with E-state index in [-0.39, 0.29) is 5.75 Å². The Morgan fingerprint density at radius 3 is 2.60 bits per heavy atom. The highest BCUT2D eigenvalue weighted by Gasteiger charge is 2.16. The van der Waals surface area contributed by atoms with Crippen LogP contribution in [-0.2, 0) is 10.0 Å². The fourth-order valence-electron chi connectivity index (χ4n) is 1.50. The number of nitrogens with one attached hydrogen (secondary N) is 2. The molecule has 2 N–H and O–H groups in total. The van der Waals surface area contributed by atoms with Crippen molar-refractivity contribution in [3.8, 4) is 0 Å². The molecule has 1 saturated heterocycles. The first kappa shape index (κ1) is 13.3. The maximum atomic E-state index is 11.5. The minimum absolute atomic E-state index is 0.172. The second kappa shape index (κ2) is 6.73. The van der Waals surface area contributed by atoms with Gasteiger partial charge in [0.2, 0.25) is 10.0 Å². The van der Waals surface area contributed by atoms with Gasteiger partial charge < -0.3 is 5.32 Å². The number of hydrogen-bond donors (Lipinski definition) is 2. The quantitative estimate of drug-likeness (QED) is 0.712. The zero-order valence-corrected chi connectivity index (χ0v) is 10.8. The second-order valence-corrected chi connectivity index (χ2v) is 6.98. The second-order valence-electron chi connectivity index (χ2n) is 3.83. The molecule has 0 aromatic rings. The summed E-state index contributed by atoms with van der Waals surface area (Å²) in [5.41, 5.74) is 0. The van der Waals surface area contributed by atoms with Gasteiger partial charge >= 0.3 is 0 Å². The Labute approximate surface area is 96.6 Å². The summed E-state index contributed by atoms with van der Waals surface area (Å²) in [7, 11) is -1.30. The molecule has 0 aromatic carbocycles. The standard InChI is InChI=1S/C9H20N2O2S2/c1-10-4-7-15(12,13)11-8-9-2-5-14-6-3-9/h9-11H,2-8H2,1H3. The Balaban J connectivity index is 2.22. The number of thioether (sulfide) groups is 1. The summed E-state index contributed by atoms with van der Waals surface area (Å²) < 4.78 is 25.6. The average molecular weight is 252 g/mol. The SMILES string of the molecule is CNCCS(=O)(=O)NCC1CCSCC1. The predicted octanol–water partition coefficient (Wildman–Crippen LogP) is 0.268. The van der Waals surface area contributed by atoms with E-state index < -0.39 is 10.0 Å². The zero-order chi connectivity index (χ0) is 11.1. The van der Waals surface area contributed by atoms with Crippen molar-refractivity contribution >= 4 is 21.8 Å². The highest BCUT2D eigenvalue weighted by atomic mass is 32.2. The lowest BCUT2D eigenvalue weighted by Gasteiger charge is -2.21. The first-order valence-electron chi connectivity index (χ1n) is 5.34. The summed E-state index contributed by atoms with van der Waals surface area (Å²) in [5.74, 6) is 3.05. The molecule has 1 fully saturated rings. The van der Waals surface area contributed by atoms with Gasteiger partial charge in [0, 0.05) is 13.1 Å². The van der Waals surface area contributed by atoms with Crippen LogP contribution in [0.5, 0.6) is 0 Å². The molecule has 1 aliphatic heterocycles. The summed E-state index contributed by atoms with van der Waals surface area (Å²) in [4.78, 5) is 0. The first-order chi connectivity index (χ1) is 7.14. The highest BCUT2D eigenvalue weighted by molar-refractivity contribution is 7.99. The molecule has 0 bridgehead atoms. The van der Waals surface area contributed by atoms with Gasteiger partial charge in [0.25, 0.3) is 0 Å². The van der Waals surface area contributed by atoms with Crippen LogP contribution in [0.3, 0.4) is 0 Å². The minimum Gasteiger partial charge on any atom is -0.319 e. The molecule has 15 heavy (non-hydrogen) atoms. The van der Waals surface area contributed by atoms with Crippen LogP contribution in [0.25, 0.3) is 0 Å². The van der Waals surface area contributed by atoms with Crippen LogP contribution >= 0.6 is 11.8 Å². The predicted molar refractivity (Wildman–Crippen MR) is 65.8 cm³/mol. The molecular weight excluding hydrogens is 232 g/mol. The van der Waals surface area contributed by atoms with E-state index in [0.717, 1.165) is 12.8 Å². The molecule has 90 valence electrons. The number of sulfonamides is 1. The smallest absolute Gasteiger partial charge is 0.212 e. The van der Waals surface area contributed by atoms with E-state index >= 15 is 0 Å². The lowest BCUT2D eigenvalue weighted by atomic mass is 10.0. The summed E-state index contributed by atoms with van der Waals surface area (Å²) in [6.07, 6.45) is 2.28. The number of rotatable bonds is 6. The van der Waals surface area contributed by atoms with Crippen molar-refractivity contribution in [3.63, 3.8) is 0 Å². The van der Waals surface area contributed by atoms with Crippen molar-refractivity contribution < 1.29 is 8.42 Å². The van der Waals surface area contributed by atoms with Gasteiger partial charge in [-0.1, -0.05) is 0 Å². The summed E-state index contributed by atoms with van der Waals surface area (Å²) in [6.45, 7) is 1.13. The van der Waals surface area contributed by atoms with Crippen molar-refractivity contribution in [3.05, 3.63) is 0 Å². The fourth-order valence-corrected chi connectivity index (χ4v) is 3.81. The van der Waals surface area contributed by atoms with Gasteiger partial charge in [0.05, 0.1) is 5.75 Å². The third-order valence-electron chi connectivity index (χ3n) is 2.55. The largest absolute Gasteiger partial charge is 0.319 e. The van der Waals surface area contributed by atoms with Crippen molar-refractivity contribution in [2.24, 2.45) is 5.92 Å². The van der Waals surface area contributed by atoms with E-state index in [4.69, 9.17) is 0 Å². The van der Waals surface area contributed by atoms with E-state index in [1.807, 2.05) is 11.8 Å². The van der Waals surface area contributed by atoms with Gasteiger partial charge in [0.15, 0.2) is 0 Å². The third-order valence-corrected chi connectivity index (χ3v) is 4.95. The normalized spacial score (nSPS) is 19.3. The molecule has 0 aromatic heterocycles. The molecule has 0 saturated carbocycles. The Morgan fingerprint density at radius 1 is 1.33 bits per heavy atom. The Bertz CT molecular complexity index is 261. The van der Waals surface area contributed by atoms with Gasteiger partial charge in [-0.05, 0) is 37.3 Å². The lowest BCUT2D eigenvalue weighted by Crippen LogP contribution is -2.35. The van der Waals surface area contributed by atoms with Gasteiger partial charge in [0.1, 0.15) is 0 Å². The van der Waals surface area contributed by atoms with Crippen LogP contribution in [0.15, 0.2) is 0 Å². The number of hydrogen-bond acceptors (Lipinski definition) is 4. The molecule has 0 atom stereocenters. The maximum absolute atomic E-state index is 11.5. The van der Waals surface area contributed by atoms with Crippen LogP contribution in [-0.4, -0.2) is 45.8 Å². The van der Waals surface area contributed by atoms with E-state index in [0.29, 0.717) is 19.0 Å². The van der Waals surface area contributed by atoms with Crippen LogP contribution < -0.4 is 10.0 Å². The molecular formula is C9H20N2O2S2. The Kier molecular flexibility index (Phi) is 5.96. The van der Waals surface area contributed by atoms with Crippen LogP contribution in [0.2, 0.25) is 0 Å². The monoisotopic (exact) mass is 252 g/mol. The molecule has 0 unspecified atom stereocenters. The molecule has 0 radical (unpaired) electrons. The van der Waals surface area contributed by atoms with Crippen LogP contribution in [0, 0.1) is 5.92 Å². The summed E-state index contributed by atoms with van der Waals surface area (Å²) >= 11 is 1.96. The molecule has 1 heterocycles. The first-order valence-corrected chi connectivity index (χ1v) is 8.14. The van der Waals surface area contributed by atoms with Gasteiger partial charge in [-0.2, -0.15) is 11.8 Å². The molecule has 0 aliphatic carbocycles. The molecule has 1 rings (SSSR count). The van der Waals surface area contributed by atoms with Crippen molar-refractivity contribution in [2.45, 2.75) is 12.8 Å². The fraction of sp³-hybridized carbons (Fsp3) is 1.00. The Hall–Kier alpha value is 0.220. The van der Waals surface area contributed by atoms with Crippen molar-refractivity contribution in [1.82, 2.24) is 10.0 Å². The summed E-state index contributed by atoms with van der Waals surface area (Å²) in [5, 5.41) is 2.84. The van der Waals surface area contributed by atoms with Crippen LogP contribution in [0.4, 0.5) is 0 Å². The highest BCUT2D eigenvalue weighted by Crippen LogP contribution is 2.21. The van der Waals surface area contributed by atoms with E-state index in [9.17, 15) is 8.42 Å². The van der Waals surface area contributed by atoms with Gasteiger partial charge in [-0.25, -0.2) is 13.1 Å². The average Bonchev–Trinajstić information content (AvgIpc) is 2.25. The molecule has 6 heteroatoms. The van der Waals surface area contributed by atoms with Crippen LogP contribution in [0.1, 0.15) is 12.8 Å². The molecule has 0 spiro atoms. The third kappa shape index (κ3) is 5.75. The molecule has 4 nitrogen and oxygen atoms in total. The molecule has 0 amide bonds. The zero-order valence-electron chi connectivity index (χ0n) is 9.16. The maximum Gasteiger partial charge on any atom is 0.212 e. The van der Waals surface area contributed by atoms with E-state index in [2.05, 4.69) is 10.0 Å². The Morgan fingerprint density at radius 2 is 2.00 bits per heavy atom.